The van der Waals surface area contributed by atoms with Crippen LogP contribution in [-0.2, 0) is 0 Å². The van der Waals surface area contributed by atoms with E-state index in [1.807, 2.05) is 0 Å². The highest BCUT2D eigenvalue weighted by Crippen LogP contribution is 2.34. The second-order valence-electron chi connectivity index (χ2n) is 9.36. The maximum absolute atomic E-state index is 2.39. The molecule has 0 spiro atoms. The van der Waals surface area contributed by atoms with Gasteiger partial charge >= 0.3 is 0 Å². The molecule has 6 rings (SSSR count). The zero-order valence-corrected chi connectivity index (χ0v) is 21.3. The zero-order chi connectivity index (χ0) is 25.6. The minimum Gasteiger partial charge on any atom is -0.337 e. The molecule has 184 valence electrons. The summed E-state index contributed by atoms with van der Waals surface area (Å²) in [4.78, 5) is 4.78. The van der Waals surface area contributed by atoms with E-state index in [1.165, 1.54) is 44.3 Å². The molecule has 0 radical (unpaired) electrons. The SMILES string of the molecule is C(=CCN(c1ccccc1)c1cccc2ccccc12)CN(c1ccccc1)c1cccc2ccccc12. The predicted octanol–water partition coefficient (Wildman–Crippen LogP) is 9.53. The van der Waals surface area contributed by atoms with Gasteiger partial charge in [0.1, 0.15) is 0 Å². The van der Waals surface area contributed by atoms with Crippen molar-refractivity contribution in [2.75, 3.05) is 22.9 Å². The van der Waals surface area contributed by atoms with Gasteiger partial charge in [0.05, 0.1) is 0 Å². The van der Waals surface area contributed by atoms with Crippen LogP contribution in [0, 0.1) is 0 Å². The number of hydrogen-bond donors (Lipinski definition) is 0. The van der Waals surface area contributed by atoms with E-state index >= 15 is 0 Å². The molecule has 0 heterocycles. The van der Waals surface area contributed by atoms with Gasteiger partial charge in [-0.1, -0.05) is 121 Å². The standard InChI is InChI=1S/C36H30N2/c1-3-19-31(20-4-1)37(35-25-13-17-29-15-7-9-23-33(29)35)27-11-12-28-38(32-21-5-2-6-22-32)36-26-14-18-30-16-8-10-24-34(30)36/h1-26H,27-28H2. The molecule has 6 aromatic rings. The topological polar surface area (TPSA) is 6.48 Å². The Bertz CT molecular complexity index is 1540. The second-order valence-corrected chi connectivity index (χ2v) is 9.36. The van der Waals surface area contributed by atoms with E-state index < -0.39 is 0 Å². The Morgan fingerprint density at radius 2 is 0.737 bits per heavy atom. The van der Waals surface area contributed by atoms with Crippen molar-refractivity contribution in [1.29, 1.82) is 0 Å². The molecule has 2 nitrogen and oxygen atoms in total. The van der Waals surface area contributed by atoms with Crippen molar-refractivity contribution in [2.45, 2.75) is 0 Å². The van der Waals surface area contributed by atoms with Gasteiger partial charge in [0.25, 0.3) is 0 Å². The number of hydrogen-bond acceptors (Lipinski definition) is 2. The summed E-state index contributed by atoms with van der Waals surface area (Å²) in [6.07, 6.45) is 4.58. The lowest BCUT2D eigenvalue weighted by atomic mass is 10.1. The van der Waals surface area contributed by atoms with Gasteiger partial charge in [0.15, 0.2) is 0 Å². The first-order valence-corrected chi connectivity index (χ1v) is 13.1. The van der Waals surface area contributed by atoms with Crippen LogP contribution >= 0.6 is 0 Å². The lowest BCUT2D eigenvalue weighted by Gasteiger charge is -2.27. The molecule has 0 aliphatic carbocycles. The van der Waals surface area contributed by atoms with Crippen molar-refractivity contribution in [1.82, 2.24) is 0 Å². The highest BCUT2D eigenvalue weighted by Gasteiger charge is 2.13. The van der Waals surface area contributed by atoms with Crippen LogP contribution < -0.4 is 9.80 Å². The third kappa shape index (κ3) is 4.89. The van der Waals surface area contributed by atoms with Gasteiger partial charge in [-0.25, -0.2) is 0 Å². The van der Waals surface area contributed by atoms with Crippen molar-refractivity contribution in [2.24, 2.45) is 0 Å². The molecule has 6 aromatic carbocycles. The van der Waals surface area contributed by atoms with E-state index in [2.05, 4.69) is 168 Å². The Kier molecular flexibility index (Phi) is 6.86. The fraction of sp³-hybridized carbons (Fsp3) is 0.0556. The molecule has 0 aromatic heterocycles. The van der Waals surface area contributed by atoms with Crippen molar-refractivity contribution in [3.8, 4) is 0 Å². The second kappa shape index (κ2) is 11.1. The Morgan fingerprint density at radius 1 is 0.368 bits per heavy atom. The number of fused-ring (bicyclic) bond motifs is 2. The van der Waals surface area contributed by atoms with E-state index in [0.717, 1.165) is 13.1 Å². The van der Waals surface area contributed by atoms with Crippen LogP contribution in [0.25, 0.3) is 21.5 Å². The Balaban J connectivity index is 1.33. The summed E-state index contributed by atoms with van der Waals surface area (Å²) in [7, 11) is 0. The van der Waals surface area contributed by atoms with Gasteiger partial charge in [-0.15, -0.1) is 0 Å². The third-order valence-electron chi connectivity index (χ3n) is 6.99. The maximum atomic E-state index is 2.39. The van der Waals surface area contributed by atoms with Gasteiger partial charge in [-0.2, -0.15) is 0 Å². The van der Waals surface area contributed by atoms with Gasteiger partial charge in [0, 0.05) is 46.6 Å². The average molecular weight is 491 g/mol. The summed E-state index contributed by atoms with van der Waals surface area (Å²) in [5.41, 5.74) is 4.80. The van der Waals surface area contributed by atoms with Crippen molar-refractivity contribution in [3.63, 3.8) is 0 Å². The highest BCUT2D eigenvalue weighted by atomic mass is 15.1. The Labute approximate surface area is 224 Å². The van der Waals surface area contributed by atoms with E-state index in [-0.39, 0.29) is 0 Å². The molecule has 0 aliphatic rings. The van der Waals surface area contributed by atoms with Crippen molar-refractivity contribution < 1.29 is 0 Å². The molecule has 0 atom stereocenters. The minimum absolute atomic E-state index is 0.774. The first-order valence-electron chi connectivity index (χ1n) is 13.1. The Hall–Kier alpha value is -4.82. The molecule has 0 aliphatic heterocycles. The first kappa shape index (κ1) is 23.6. The lowest BCUT2D eigenvalue weighted by molar-refractivity contribution is 1.07. The van der Waals surface area contributed by atoms with Crippen LogP contribution in [0.3, 0.4) is 0 Å². The fourth-order valence-electron chi connectivity index (χ4n) is 5.15. The van der Waals surface area contributed by atoms with Crippen LogP contribution in [0.2, 0.25) is 0 Å². The molecule has 0 fully saturated rings. The quantitative estimate of drug-likeness (QED) is 0.196. The van der Waals surface area contributed by atoms with Crippen molar-refractivity contribution in [3.05, 3.63) is 158 Å². The molecular formula is C36H30N2. The number of anilines is 4. The van der Waals surface area contributed by atoms with Gasteiger partial charge in [-0.05, 0) is 47.2 Å². The molecular weight excluding hydrogens is 460 g/mol. The number of nitrogens with zero attached hydrogens (tertiary/aromatic N) is 2. The van der Waals surface area contributed by atoms with Gasteiger partial charge in [-0.3, -0.25) is 0 Å². The van der Waals surface area contributed by atoms with E-state index in [9.17, 15) is 0 Å². The van der Waals surface area contributed by atoms with E-state index in [0.29, 0.717) is 0 Å². The zero-order valence-electron chi connectivity index (χ0n) is 21.3. The first-order chi connectivity index (χ1) is 18.9. The van der Waals surface area contributed by atoms with Crippen LogP contribution in [0.1, 0.15) is 0 Å². The van der Waals surface area contributed by atoms with Crippen LogP contribution in [0.5, 0.6) is 0 Å². The van der Waals surface area contributed by atoms with Crippen LogP contribution in [0.15, 0.2) is 158 Å². The highest BCUT2D eigenvalue weighted by molar-refractivity contribution is 5.97. The molecule has 0 N–H and O–H groups in total. The van der Waals surface area contributed by atoms with E-state index in [1.54, 1.807) is 0 Å². The summed E-state index contributed by atoms with van der Waals surface area (Å²) in [6.45, 7) is 1.55. The molecule has 38 heavy (non-hydrogen) atoms. The number of rotatable bonds is 8. The van der Waals surface area contributed by atoms with E-state index in [4.69, 9.17) is 0 Å². The van der Waals surface area contributed by atoms with Gasteiger partial charge in [0.2, 0.25) is 0 Å². The third-order valence-corrected chi connectivity index (χ3v) is 6.99. The summed E-state index contributed by atoms with van der Waals surface area (Å²) < 4.78 is 0. The summed E-state index contributed by atoms with van der Waals surface area (Å²) in [5, 5.41) is 5.02. The fourth-order valence-corrected chi connectivity index (χ4v) is 5.15. The van der Waals surface area contributed by atoms with Gasteiger partial charge < -0.3 is 9.80 Å². The molecule has 0 amide bonds. The van der Waals surface area contributed by atoms with Crippen molar-refractivity contribution >= 4 is 44.3 Å². The Morgan fingerprint density at radius 3 is 1.18 bits per heavy atom. The number of benzene rings is 6. The monoisotopic (exact) mass is 490 g/mol. The average Bonchev–Trinajstić information content (AvgIpc) is 3.00. The smallest absolute Gasteiger partial charge is 0.0493 e. The van der Waals surface area contributed by atoms with Crippen LogP contribution in [-0.4, -0.2) is 13.1 Å². The normalized spacial score (nSPS) is 11.3. The largest absolute Gasteiger partial charge is 0.337 e. The molecule has 2 heteroatoms. The summed E-state index contributed by atoms with van der Waals surface area (Å²) in [5.74, 6) is 0. The molecule has 0 saturated carbocycles. The number of para-hydroxylation sites is 2. The maximum Gasteiger partial charge on any atom is 0.0493 e. The molecule has 0 bridgehead atoms. The summed E-state index contributed by atoms with van der Waals surface area (Å²) in [6, 6.07) is 51.6. The lowest BCUT2D eigenvalue weighted by Crippen LogP contribution is -2.19. The minimum atomic E-state index is 0.774. The predicted molar refractivity (Wildman–Crippen MR) is 164 cm³/mol. The molecule has 0 saturated heterocycles. The van der Waals surface area contributed by atoms with Crippen LogP contribution in [0.4, 0.5) is 22.7 Å². The summed E-state index contributed by atoms with van der Waals surface area (Å²) >= 11 is 0. The molecule has 0 unspecified atom stereocenters.